The van der Waals surface area contributed by atoms with Crippen LogP contribution in [0.15, 0.2) is 35.4 Å². The summed E-state index contributed by atoms with van der Waals surface area (Å²) >= 11 is 0. The Bertz CT molecular complexity index is 688. The number of imidazole rings is 1. The van der Waals surface area contributed by atoms with Crippen LogP contribution in [0.4, 0.5) is 0 Å². The molecule has 7 heteroatoms. The summed E-state index contributed by atoms with van der Waals surface area (Å²) in [6, 6.07) is 1.50. The Balaban J connectivity index is 2.02. The predicted octanol–water partition coefficient (Wildman–Crippen LogP) is 1.24. The Morgan fingerprint density at radius 1 is 1.33 bits per heavy atom. The predicted molar refractivity (Wildman–Crippen MR) is 61.4 cm³/mol. The smallest absolute Gasteiger partial charge is 0.260 e. The van der Waals surface area contributed by atoms with E-state index in [1.807, 2.05) is 7.05 Å². The third kappa shape index (κ3) is 1.71. The van der Waals surface area contributed by atoms with Gasteiger partial charge in [0.15, 0.2) is 5.82 Å². The van der Waals surface area contributed by atoms with E-state index in [1.54, 1.807) is 17.0 Å². The first-order valence-electron chi connectivity index (χ1n) is 5.20. The second kappa shape index (κ2) is 3.95. The van der Waals surface area contributed by atoms with Crippen LogP contribution in [0.2, 0.25) is 0 Å². The molecule has 0 bridgehead atoms. The Morgan fingerprint density at radius 2 is 2.22 bits per heavy atom. The van der Waals surface area contributed by atoms with E-state index in [0.29, 0.717) is 17.2 Å². The quantitative estimate of drug-likeness (QED) is 0.728. The van der Waals surface area contributed by atoms with E-state index in [0.717, 1.165) is 0 Å². The molecule has 0 aliphatic carbocycles. The zero-order valence-electron chi connectivity index (χ0n) is 9.48. The van der Waals surface area contributed by atoms with Crippen LogP contribution >= 0.6 is 0 Å². The van der Waals surface area contributed by atoms with E-state index in [9.17, 15) is 5.11 Å². The molecule has 3 heterocycles. The van der Waals surface area contributed by atoms with Gasteiger partial charge in [0, 0.05) is 25.6 Å². The molecule has 0 radical (unpaired) electrons. The summed E-state index contributed by atoms with van der Waals surface area (Å²) in [5.74, 6) is 1.33. The molecule has 0 fully saturated rings. The van der Waals surface area contributed by atoms with Gasteiger partial charge >= 0.3 is 0 Å². The first-order valence-corrected chi connectivity index (χ1v) is 5.20. The largest absolute Gasteiger partial charge is 0.506 e. The number of nitrogens with zero attached hydrogens (tertiary/aromatic N) is 5. The average Bonchev–Trinajstić information content (AvgIpc) is 2.97. The summed E-state index contributed by atoms with van der Waals surface area (Å²) in [5, 5.41) is 13.2. The van der Waals surface area contributed by atoms with Gasteiger partial charge in [-0.1, -0.05) is 5.16 Å². The van der Waals surface area contributed by atoms with E-state index in [4.69, 9.17) is 4.52 Å². The minimum atomic E-state index is 0.0456. The lowest BCUT2D eigenvalue weighted by molar-refractivity contribution is 0.430. The summed E-state index contributed by atoms with van der Waals surface area (Å²) < 4.78 is 6.91. The molecule has 0 aliphatic heterocycles. The van der Waals surface area contributed by atoms with E-state index >= 15 is 0 Å². The molecule has 7 nitrogen and oxygen atoms in total. The lowest BCUT2D eigenvalue weighted by Crippen LogP contribution is -1.92. The lowest BCUT2D eigenvalue weighted by Gasteiger charge is -1.94. The highest BCUT2D eigenvalue weighted by Crippen LogP contribution is 2.22. The number of aromatic hydroxyl groups is 1. The Hall–Kier alpha value is -2.70. The van der Waals surface area contributed by atoms with Gasteiger partial charge < -0.3 is 14.2 Å². The molecule has 0 atom stereocenters. The van der Waals surface area contributed by atoms with Crippen molar-refractivity contribution in [3.05, 3.63) is 30.9 Å². The van der Waals surface area contributed by atoms with Crippen molar-refractivity contribution in [3.63, 3.8) is 0 Å². The fourth-order valence-electron chi connectivity index (χ4n) is 1.56. The highest BCUT2D eigenvalue weighted by molar-refractivity contribution is 5.56. The molecule has 3 rings (SSSR count). The molecule has 0 unspecified atom stereocenters. The summed E-state index contributed by atoms with van der Waals surface area (Å²) in [6.45, 7) is 0. The third-order valence-corrected chi connectivity index (χ3v) is 2.42. The van der Waals surface area contributed by atoms with E-state index in [-0.39, 0.29) is 11.6 Å². The second-order valence-electron chi connectivity index (χ2n) is 3.72. The van der Waals surface area contributed by atoms with Gasteiger partial charge in [-0.3, -0.25) is 4.98 Å². The molecular formula is C11H9N5O2. The van der Waals surface area contributed by atoms with Crippen molar-refractivity contribution in [1.29, 1.82) is 0 Å². The molecule has 3 aromatic rings. The van der Waals surface area contributed by atoms with Gasteiger partial charge in [-0.25, -0.2) is 4.98 Å². The fourth-order valence-corrected chi connectivity index (χ4v) is 1.56. The van der Waals surface area contributed by atoms with Crippen molar-refractivity contribution >= 4 is 0 Å². The highest BCUT2D eigenvalue weighted by atomic mass is 16.5. The van der Waals surface area contributed by atoms with Crippen LogP contribution in [0.5, 0.6) is 5.75 Å². The van der Waals surface area contributed by atoms with Crippen molar-refractivity contribution in [2.75, 3.05) is 0 Å². The molecule has 0 saturated heterocycles. The summed E-state index contributed by atoms with van der Waals surface area (Å²) in [6.07, 6.45) is 6.32. The number of pyridine rings is 1. The van der Waals surface area contributed by atoms with Crippen LogP contribution in [-0.4, -0.2) is 29.8 Å². The Morgan fingerprint density at radius 3 is 2.94 bits per heavy atom. The van der Waals surface area contributed by atoms with Gasteiger partial charge in [-0.05, 0) is 6.07 Å². The van der Waals surface area contributed by atoms with Crippen LogP contribution in [0.1, 0.15) is 0 Å². The molecule has 1 N–H and O–H groups in total. The minimum absolute atomic E-state index is 0.0456. The van der Waals surface area contributed by atoms with E-state index in [2.05, 4.69) is 20.1 Å². The zero-order chi connectivity index (χ0) is 12.5. The average molecular weight is 243 g/mol. The molecule has 0 amide bonds. The van der Waals surface area contributed by atoms with Gasteiger partial charge in [0.05, 0.1) is 11.8 Å². The molecular weight excluding hydrogens is 234 g/mol. The summed E-state index contributed by atoms with van der Waals surface area (Å²) in [5.41, 5.74) is 0.558. The standard InChI is InChI=1S/C11H9N5O2/c1-16-3-2-13-10(16)9-14-11(18-15-9)7-4-8(17)6-12-5-7/h2-6,17H,1H3. The monoisotopic (exact) mass is 243 g/mol. The summed E-state index contributed by atoms with van der Waals surface area (Å²) in [4.78, 5) is 12.2. The van der Waals surface area contributed by atoms with E-state index in [1.165, 1.54) is 18.5 Å². The fraction of sp³-hybridized carbons (Fsp3) is 0.0909. The highest BCUT2D eigenvalue weighted by Gasteiger charge is 2.14. The van der Waals surface area contributed by atoms with Crippen LogP contribution < -0.4 is 0 Å². The number of hydrogen-bond donors (Lipinski definition) is 1. The normalized spacial score (nSPS) is 10.7. The first-order chi connectivity index (χ1) is 8.74. The maximum atomic E-state index is 9.34. The van der Waals surface area contributed by atoms with Crippen molar-refractivity contribution in [1.82, 2.24) is 24.7 Å². The summed E-state index contributed by atoms with van der Waals surface area (Å²) in [7, 11) is 1.84. The topological polar surface area (TPSA) is 89.9 Å². The second-order valence-corrected chi connectivity index (χ2v) is 3.72. The molecule has 0 spiro atoms. The van der Waals surface area contributed by atoms with Crippen LogP contribution in [0.3, 0.4) is 0 Å². The number of aryl methyl sites for hydroxylation is 1. The van der Waals surface area contributed by atoms with Crippen molar-refractivity contribution < 1.29 is 9.63 Å². The van der Waals surface area contributed by atoms with Crippen molar-refractivity contribution in [2.24, 2.45) is 7.05 Å². The first kappa shape index (κ1) is 10.5. The van der Waals surface area contributed by atoms with Gasteiger partial charge in [0.2, 0.25) is 5.82 Å². The molecule has 18 heavy (non-hydrogen) atoms. The lowest BCUT2D eigenvalue weighted by atomic mass is 10.3. The van der Waals surface area contributed by atoms with Gasteiger partial charge in [-0.15, -0.1) is 0 Å². The maximum Gasteiger partial charge on any atom is 0.260 e. The molecule has 0 saturated carbocycles. The van der Waals surface area contributed by atoms with Gasteiger partial charge in [0.25, 0.3) is 5.89 Å². The van der Waals surface area contributed by atoms with Gasteiger partial charge in [0.1, 0.15) is 5.75 Å². The van der Waals surface area contributed by atoms with Crippen molar-refractivity contribution in [3.8, 4) is 28.9 Å². The van der Waals surface area contributed by atoms with Crippen molar-refractivity contribution in [2.45, 2.75) is 0 Å². The molecule has 3 aromatic heterocycles. The van der Waals surface area contributed by atoms with Crippen LogP contribution in [-0.2, 0) is 7.05 Å². The molecule has 0 aromatic carbocycles. The number of rotatable bonds is 2. The maximum absolute atomic E-state index is 9.34. The Labute approximate surface area is 102 Å². The minimum Gasteiger partial charge on any atom is -0.506 e. The van der Waals surface area contributed by atoms with Crippen LogP contribution in [0, 0.1) is 0 Å². The molecule has 0 aliphatic rings. The third-order valence-electron chi connectivity index (χ3n) is 2.42. The number of hydrogen-bond acceptors (Lipinski definition) is 6. The molecule has 90 valence electrons. The SMILES string of the molecule is Cn1ccnc1-c1noc(-c2cncc(O)c2)n1. The van der Waals surface area contributed by atoms with Gasteiger partial charge in [-0.2, -0.15) is 4.98 Å². The van der Waals surface area contributed by atoms with E-state index < -0.39 is 0 Å². The zero-order valence-corrected chi connectivity index (χ0v) is 9.48. The Kier molecular flexibility index (Phi) is 2.30. The van der Waals surface area contributed by atoms with Crippen LogP contribution in [0.25, 0.3) is 23.1 Å². The number of aromatic nitrogens is 5.